The molecule has 0 saturated carbocycles. The van der Waals surface area contributed by atoms with E-state index in [1.807, 2.05) is 13.8 Å². The molecule has 0 aliphatic rings. The van der Waals surface area contributed by atoms with Crippen molar-refractivity contribution in [3.05, 3.63) is 30.1 Å². The molecule has 0 fully saturated rings. The fourth-order valence-corrected chi connectivity index (χ4v) is 0.917. The van der Waals surface area contributed by atoms with Crippen molar-refractivity contribution >= 4 is 5.90 Å². The smallest absolute Gasteiger partial charge is 0.233 e. The number of nitriles is 1. The Hall–Kier alpha value is -1.89. The van der Waals surface area contributed by atoms with E-state index in [1.54, 1.807) is 30.7 Å². The molecule has 0 N–H and O–H groups in total. The van der Waals surface area contributed by atoms with Crippen molar-refractivity contribution < 1.29 is 4.74 Å². The number of nitrogens with zero attached hydrogens (tertiary/aromatic N) is 3. The SMILES string of the molecule is CC(C)OC(=NC#N)c1cccnc1. The van der Waals surface area contributed by atoms with Crippen LogP contribution < -0.4 is 0 Å². The predicted molar refractivity (Wildman–Crippen MR) is 52.6 cm³/mol. The van der Waals surface area contributed by atoms with Gasteiger partial charge in [-0.1, -0.05) is 0 Å². The third kappa shape index (κ3) is 2.87. The van der Waals surface area contributed by atoms with Crippen LogP contribution in [0.5, 0.6) is 0 Å². The van der Waals surface area contributed by atoms with Gasteiger partial charge in [0.25, 0.3) is 0 Å². The van der Waals surface area contributed by atoms with E-state index in [9.17, 15) is 0 Å². The maximum Gasteiger partial charge on any atom is 0.233 e. The van der Waals surface area contributed by atoms with Crippen molar-refractivity contribution in [3.8, 4) is 6.19 Å². The molecule has 14 heavy (non-hydrogen) atoms. The summed E-state index contributed by atoms with van der Waals surface area (Å²) in [5.41, 5.74) is 0.711. The molecule has 0 atom stereocenters. The molecule has 4 nitrogen and oxygen atoms in total. The maximum atomic E-state index is 8.47. The molecule has 0 saturated heterocycles. The van der Waals surface area contributed by atoms with E-state index in [0.29, 0.717) is 11.5 Å². The molecule has 0 unspecified atom stereocenters. The van der Waals surface area contributed by atoms with Crippen molar-refractivity contribution in [2.24, 2.45) is 4.99 Å². The number of pyridine rings is 1. The minimum atomic E-state index is -0.0118. The van der Waals surface area contributed by atoms with Crippen LogP contribution >= 0.6 is 0 Å². The van der Waals surface area contributed by atoms with Gasteiger partial charge in [0, 0.05) is 12.4 Å². The van der Waals surface area contributed by atoms with Crippen LogP contribution in [-0.4, -0.2) is 17.0 Å². The van der Waals surface area contributed by atoms with E-state index in [-0.39, 0.29) is 6.10 Å². The molecule has 72 valence electrons. The number of aromatic nitrogens is 1. The van der Waals surface area contributed by atoms with Gasteiger partial charge in [0.1, 0.15) is 0 Å². The van der Waals surface area contributed by atoms with Crippen molar-refractivity contribution in [2.45, 2.75) is 20.0 Å². The minimum absolute atomic E-state index is 0.0118. The Morgan fingerprint density at radius 1 is 1.64 bits per heavy atom. The third-order valence-electron chi connectivity index (χ3n) is 1.41. The van der Waals surface area contributed by atoms with Gasteiger partial charge in [-0.25, -0.2) is 0 Å². The summed E-state index contributed by atoms with van der Waals surface area (Å²) in [4.78, 5) is 7.52. The van der Waals surface area contributed by atoms with Crippen LogP contribution in [0.4, 0.5) is 0 Å². The molecule has 0 aromatic carbocycles. The fourth-order valence-electron chi connectivity index (χ4n) is 0.917. The third-order valence-corrected chi connectivity index (χ3v) is 1.41. The molecule has 0 amide bonds. The van der Waals surface area contributed by atoms with E-state index in [1.165, 1.54) is 0 Å². The van der Waals surface area contributed by atoms with E-state index in [0.717, 1.165) is 0 Å². The fraction of sp³-hybridized carbons (Fsp3) is 0.300. The summed E-state index contributed by atoms with van der Waals surface area (Å²) in [6.45, 7) is 3.76. The van der Waals surface area contributed by atoms with Gasteiger partial charge in [-0.05, 0) is 26.0 Å². The number of aliphatic imine (C=N–C) groups is 1. The lowest BCUT2D eigenvalue weighted by molar-refractivity contribution is 0.229. The van der Waals surface area contributed by atoms with Gasteiger partial charge in [0.15, 0.2) is 0 Å². The standard InChI is InChI=1S/C10H11N3O/c1-8(2)14-10(13-7-11)9-4-3-5-12-6-9/h3-6,8H,1-2H3. The lowest BCUT2D eigenvalue weighted by Gasteiger charge is -2.10. The minimum Gasteiger partial charge on any atom is -0.474 e. The largest absolute Gasteiger partial charge is 0.474 e. The monoisotopic (exact) mass is 189 g/mol. The summed E-state index contributed by atoms with van der Waals surface area (Å²) in [5.74, 6) is 0.315. The van der Waals surface area contributed by atoms with Gasteiger partial charge < -0.3 is 4.74 Å². The zero-order valence-electron chi connectivity index (χ0n) is 8.14. The van der Waals surface area contributed by atoms with Crippen LogP contribution in [0, 0.1) is 11.5 Å². The highest BCUT2D eigenvalue weighted by Gasteiger charge is 2.06. The first-order valence-corrected chi connectivity index (χ1v) is 4.28. The lowest BCUT2D eigenvalue weighted by atomic mass is 10.3. The average Bonchev–Trinajstić information content (AvgIpc) is 2.18. The molecule has 1 heterocycles. The maximum absolute atomic E-state index is 8.47. The normalized spacial score (nSPS) is 11.1. The Morgan fingerprint density at radius 3 is 2.93 bits per heavy atom. The Bertz CT molecular complexity index is 351. The molecule has 0 spiro atoms. The van der Waals surface area contributed by atoms with Gasteiger partial charge in [0.05, 0.1) is 11.7 Å². The summed E-state index contributed by atoms with van der Waals surface area (Å²) in [7, 11) is 0. The molecular weight excluding hydrogens is 178 g/mol. The highest BCUT2D eigenvalue weighted by molar-refractivity contribution is 5.94. The van der Waals surface area contributed by atoms with E-state index >= 15 is 0 Å². The zero-order valence-corrected chi connectivity index (χ0v) is 8.14. The average molecular weight is 189 g/mol. The summed E-state index contributed by atoms with van der Waals surface area (Å²) in [6, 6.07) is 3.57. The topological polar surface area (TPSA) is 58.3 Å². The Kier molecular flexibility index (Phi) is 3.62. The number of rotatable bonds is 2. The highest BCUT2D eigenvalue weighted by Crippen LogP contribution is 2.03. The van der Waals surface area contributed by atoms with Crippen molar-refractivity contribution in [3.63, 3.8) is 0 Å². The number of hydrogen-bond acceptors (Lipinski definition) is 4. The number of hydrogen-bond donors (Lipinski definition) is 0. The second kappa shape index (κ2) is 4.97. The second-order valence-electron chi connectivity index (χ2n) is 2.93. The van der Waals surface area contributed by atoms with Crippen LogP contribution in [0.25, 0.3) is 0 Å². The Morgan fingerprint density at radius 2 is 2.43 bits per heavy atom. The summed E-state index contributed by atoms with van der Waals surface area (Å²) in [6.07, 6.45) is 4.96. The summed E-state index contributed by atoms with van der Waals surface area (Å²) < 4.78 is 5.36. The summed E-state index contributed by atoms with van der Waals surface area (Å²) >= 11 is 0. The molecule has 0 radical (unpaired) electrons. The van der Waals surface area contributed by atoms with E-state index in [4.69, 9.17) is 10.00 Å². The highest BCUT2D eigenvalue weighted by atomic mass is 16.5. The molecule has 4 heteroatoms. The zero-order chi connectivity index (χ0) is 10.4. The van der Waals surface area contributed by atoms with Gasteiger partial charge >= 0.3 is 0 Å². The molecule has 0 aliphatic heterocycles. The first-order valence-electron chi connectivity index (χ1n) is 4.28. The van der Waals surface area contributed by atoms with Crippen LogP contribution in [0.1, 0.15) is 19.4 Å². The quantitative estimate of drug-likeness (QED) is 0.404. The van der Waals surface area contributed by atoms with E-state index in [2.05, 4.69) is 9.98 Å². The lowest BCUT2D eigenvalue weighted by Crippen LogP contribution is -2.12. The molecule has 0 aliphatic carbocycles. The molecule has 1 rings (SSSR count). The van der Waals surface area contributed by atoms with Crippen LogP contribution in [0.2, 0.25) is 0 Å². The molecule has 0 bridgehead atoms. The second-order valence-corrected chi connectivity index (χ2v) is 2.93. The predicted octanol–water partition coefficient (Wildman–Crippen LogP) is 1.73. The van der Waals surface area contributed by atoms with Crippen molar-refractivity contribution in [2.75, 3.05) is 0 Å². The Balaban J connectivity index is 2.91. The molecule has 1 aromatic rings. The first-order chi connectivity index (χ1) is 6.74. The van der Waals surface area contributed by atoms with Gasteiger partial charge in [-0.2, -0.15) is 5.26 Å². The van der Waals surface area contributed by atoms with Crippen molar-refractivity contribution in [1.82, 2.24) is 4.98 Å². The van der Waals surface area contributed by atoms with E-state index < -0.39 is 0 Å². The Labute approximate surface area is 82.9 Å². The first kappa shape index (κ1) is 10.2. The van der Waals surface area contributed by atoms with Gasteiger partial charge in [0.2, 0.25) is 12.1 Å². The van der Waals surface area contributed by atoms with Gasteiger partial charge in [-0.3, -0.25) is 4.98 Å². The molecule has 1 aromatic heterocycles. The van der Waals surface area contributed by atoms with Crippen LogP contribution in [-0.2, 0) is 4.74 Å². The summed E-state index contributed by atoms with van der Waals surface area (Å²) in [5, 5.41) is 8.47. The van der Waals surface area contributed by atoms with Crippen LogP contribution in [0.3, 0.4) is 0 Å². The van der Waals surface area contributed by atoms with Gasteiger partial charge in [-0.15, -0.1) is 4.99 Å². The molecular formula is C10H11N3O. The van der Waals surface area contributed by atoms with Crippen molar-refractivity contribution in [1.29, 1.82) is 5.26 Å². The van der Waals surface area contributed by atoms with Crippen LogP contribution in [0.15, 0.2) is 29.5 Å². The number of ether oxygens (including phenoxy) is 1.